The lowest BCUT2D eigenvalue weighted by molar-refractivity contribution is 0.102. The number of nitrogens with zero attached hydrogens (tertiary/aromatic N) is 5. The summed E-state index contributed by atoms with van der Waals surface area (Å²) < 4.78 is 4.05. The van der Waals surface area contributed by atoms with Gasteiger partial charge in [0, 0.05) is 13.2 Å². The predicted molar refractivity (Wildman–Crippen MR) is 89.4 cm³/mol. The fraction of sp³-hybridized carbons (Fsp3) is 0.143. The van der Waals surface area contributed by atoms with Crippen LogP contribution in [0.25, 0.3) is 0 Å². The maximum atomic E-state index is 12.1. The number of carbonyl (C=O) groups excluding carboxylic acids is 1. The molecule has 0 atom stereocenters. The monoisotopic (exact) mass is 408 g/mol. The third kappa shape index (κ3) is 3.32. The molecule has 0 aliphatic rings. The summed E-state index contributed by atoms with van der Waals surface area (Å²) in [5, 5.41) is 11.0. The number of hydrogen-bond donors (Lipinski definition) is 1. The van der Waals surface area contributed by atoms with Gasteiger partial charge in [-0.1, -0.05) is 30.3 Å². The lowest BCUT2D eigenvalue weighted by Gasteiger charge is -2.00. The van der Waals surface area contributed by atoms with E-state index < -0.39 is 0 Å². The minimum absolute atomic E-state index is 0.266. The number of carbonyl (C=O) groups is 1. The van der Waals surface area contributed by atoms with Crippen LogP contribution < -0.4 is 5.32 Å². The number of aryl methyl sites for hydroxylation is 1. The van der Waals surface area contributed by atoms with Crippen molar-refractivity contribution in [2.24, 2.45) is 7.05 Å². The standard InChI is InChI=1S/C14H13IN6O/c1-20-8-11(15)12(18-20)13(22)17-14-16-9-21(19-14)7-10-5-3-2-4-6-10/h2-6,8-9H,7H2,1H3,(H,17,19,22). The summed E-state index contributed by atoms with van der Waals surface area (Å²) in [6, 6.07) is 9.92. The van der Waals surface area contributed by atoms with Crippen LogP contribution in [-0.2, 0) is 13.6 Å². The third-order valence-corrected chi connectivity index (χ3v) is 3.74. The Hall–Kier alpha value is -2.23. The maximum absolute atomic E-state index is 12.1. The summed E-state index contributed by atoms with van der Waals surface area (Å²) in [7, 11) is 1.77. The molecule has 2 aromatic heterocycles. The van der Waals surface area contributed by atoms with Gasteiger partial charge in [-0.2, -0.15) is 5.10 Å². The Morgan fingerprint density at radius 1 is 1.27 bits per heavy atom. The largest absolute Gasteiger partial charge is 0.288 e. The molecular weight excluding hydrogens is 395 g/mol. The number of halogens is 1. The molecule has 22 heavy (non-hydrogen) atoms. The maximum Gasteiger partial charge on any atom is 0.279 e. The van der Waals surface area contributed by atoms with Gasteiger partial charge in [0.15, 0.2) is 5.69 Å². The summed E-state index contributed by atoms with van der Waals surface area (Å²) >= 11 is 2.07. The summed E-state index contributed by atoms with van der Waals surface area (Å²) in [5.74, 6) is -0.0511. The van der Waals surface area contributed by atoms with Crippen molar-refractivity contribution in [1.82, 2.24) is 24.5 Å². The van der Waals surface area contributed by atoms with E-state index in [4.69, 9.17) is 0 Å². The van der Waals surface area contributed by atoms with Crippen LogP contribution in [0.3, 0.4) is 0 Å². The van der Waals surface area contributed by atoms with Crippen molar-refractivity contribution in [1.29, 1.82) is 0 Å². The Morgan fingerprint density at radius 2 is 2.05 bits per heavy atom. The second-order valence-electron chi connectivity index (χ2n) is 4.70. The highest BCUT2D eigenvalue weighted by Crippen LogP contribution is 2.11. The van der Waals surface area contributed by atoms with Gasteiger partial charge in [-0.15, -0.1) is 5.10 Å². The van der Waals surface area contributed by atoms with Crippen molar-refractivity contribution in [2.45, 2.75) is 6.54 Å². The first-order chi connectivity index (χ1) is 10.6. The SMILES string of the molecule is Cn1cc(I)c(C(=O)Nc2ncn(Cc3ccccc3)n2)n1. The molecule has 3 aromatic rings. The van der Waals surface area contributed by atoms with Crippen LogP contribution in [0.15, 0.2) is 42.9 Å². The van der Waals surface area contributed by atoms with Crippen molar-refractivity contribution in [2.75, 3.05) is 5.32 Å². The minimum atomic E-state index is -0.317. The van der Waals surface area contributed by atoms with Gasteiger partial charge in [-0.3, -0.25) is 14.8 Å². The fourth-order valence-electron chi connectivity index (χ4n) is 1.97. The number of aromatic nitrogens is 5. The first kappa shape index (κ1) is 14.7. The highest BCUT2D eigenvalue weighted by atomic mass is 127. The Balaban J connectivity index is 1.69. The van der Waals surface area contributed by atoms with Crippen LogP contribution in [0.5, 0.6) is 0 Å². The van der Waals surface area contributed by atoms with E-state index in [1.807, 2.05) is 30.3 Å². The number of amides is 1. The van der Waals surface area contributed by atoms with Gasteiger partial charge in [0.25, 0.3) is 5.91 Å². The van der Waals surface area contributed by atoms with E-state index in [1.165, 1.54) is 0 Å². The van der Waals surface area contributed by atoms with Crippen LogP contribution in [0.1, 0.15) is 16.1 Å². The highest BCUT2D eigenvalue weighted by Gasteiger charge is 2.16. The number of anilines is 1. The number of nitrogens with one attached hydrogen (secondary N) is 1. The van der Waals surface area contributed by atoms with Crippen LogP contribution in [-0.4, -0.2) is 30.5 Å². The Bertz CT molecular complexity index is 795. The van der Waals surface area contributed by atoms with E-state index in [0.717, 1.165) is 9.13 Å². The molecule has 0 fully saturated rings. The molecule has 0 unspecified atom stereocenters. The first-order valence-corrected chi connectivity index (χ1v) is 7.63. The Morgan fingerprint density at radius 3 is 2.73 bits per heavy atom. The number of rotatable bonds is 4. The molecule has 8 heteroatoms. The molecule has 112 valence electrons. The van der Waals surface area contributed by atoms with Crippen LogP contribution >= 0.6 is 22.6 Å². The topological polar surface area (TPSA) is 77.6 Å². The van der Waals surface area contributed by atoms with Gasteiger partial charge < -0.3 is 0 Å². The lowest BCUT2D eigenvalue weighted by atomic mass is 10.2. The van der Waals surface area contributed by atoms with Crippen molar-refractivity contribution >= 4 is 34.4 Å². The van der Waals surface area contributed by atoms with E-state index in [-0.39, 0.29) is 11.9 Å². The molecule has 1 aromatic carbocycles. The molecule has 0 bridgehead atoms. The molecule has 0 saturated heterocycles. The second kappa shape index (κ2) is 6.26. The molecule has 2 heterocycles. The van der Waals surface area contributed by atoms with Crippen molar-refractivity contribution in [3.05, 3.63) is 57.7 Å². The van der Waals surface area contributed by atoms with Gasteiger partial charge in [0.2, 0.25) is 5.95 Å². The average molecular weight is 408 g/mol. The third-order valence-electron chi connectivity index (χ3n) is 2.95. The second-order valence-corrected chi connectivity index (χ2v) is 5.87. The van der Waals surface area contributed by atoms with Crippen LogP contribution in [0.4, 0.5) is 5.95 Å². The van der Waals surface area contributed by atoms with Crippen molar-refractivity contribution < 1.29 is 4.79 Å². The molecule has 3 rings (SSSR count). The summed E-state index contributed by atoms with van der Waals surface area (Å²) in [4.78, 5) is 16.2. The molecule has 0 saturated carbocycles. The van der Waals surface area contributed by atoms with Crippen LogP contribution in [0.2, 0.25) is 0 Å². The summed E-state index contributed by atoms with van der Waals surface area (Å²) in [6.07, 6.45) is 3.36. The quantitative estimate of drug-likeness (QED) is 0.670. The first-order valence-electron chi connectivity index (χ1n) is 6.55. The molecular formula is C14H13IN6O. The lowest BCUT2D eigenvalue weighted by Crippen LogP contribution is -2.15. The van der Waals surface area contributed by atoms with Gasteiger partial charge in [0.1, 0.15) is 6.33 Å². The molecule has 1 amide bonds. The zero-order valence-corrected chi connectivity index (χ0v) is 13.9. The van der Waals surface area contributed by atoms with Crippen molar-refractivity contribution in [3.8, 4) is 0 Å². The normalized spacial score (nSPS) is 10.6. The number of benzene rings is 1. The van der Waals surface area contributed by atoms with E-state index >= 15 is 0 Å². The van der Waals surface area contributed by atoms with Gasteiger partial charge in [-0.05, 0) is 28.2 Å². The summed E-state index contributed by atoms with van der Waals surface area (Å²) in [5.41, 5.74) is 1.48. The number of hydrogen-bond acceptors (Lipinski definition) is 4. The molecule has 1 N–H and O–H groups in total. The molecule has 0 radical (unpaired) electrons. The molecule has 7 nitrogen and oxygen atoms in total. The fourth-order valence-corrected chi connectivity index (χ4v) is 2.73. The molecule has 0 spiro atoms. The van der Waals surface area contributed by atoms with E-state index in [2.05, 4.69) is 43.1 Å². The zero-order valence-electron chi connectivity index (χ0n) is 11.8. The van der Waals surface area contributed by atoms with Crippen molar-refractivity contribution in [3.63, 3.8) is 0 Å². The van der Waals surface area contributed by atoms with Gasteiger partial charge in [0.05, 0.1) is 10.1 Å². The predicted octanol–water partition coefficient (Wildman–Crippen LogP) is 1.92. The van der Waals surface area contributed by atoms with E-state index in [1.54, 1.807) is 28.9 Å². The molecule has 0 aliphatic heterocycles. The van der Waals surface area contributed by atoms with E-state index in [0.29, 0.717) is 12.2 Å². The van der Waals surface area contributed by atoms with Gasteiger partial charge >= 0.3 is 0 Å². The average Bonchev–Trinajstić information content (AvgIpc) is 3.06. The van der Waals surface area contributed by atoms with Gasteiger partial charge in [-0.25, -0.2) is 9.67 Å². The minimum Gasteiger partial charge on any atom is -0.288 e. The Kier molecular flexibility index (Phi) is 4.18. The summed E-state index contributed by atoms with van der Waals surface area (Å²) in [6.45, 7) is 0.602. The smallest absolute Gasteiger partial charge is 0.279 e. The van der Waals surface area contributed by atoms with E-state index in [9.17, 15) is 4.79 Å². The Labute approximate surface area is 140 Å². The van der Waals surface area contributed by atoms with Crippen LogP contribution in [0, 0.1) is 3.57 Å². The molecule has 0 aliphatic carbocycles. The zero-order chi connectivity index (χ0) is 15.5. The highest BCUT2D eigenvalue weighted by molar-refractivity contribution is 14.1.